The van der Waals surface area contributed by atoms with Crippen molar-refractivity contribution in [3.8, 4) is 17.2 Å². The number of methoxy groups -OCH3 is 3. The second-order valence-electron chi connectivity index (χ2n) is 7.81. The lowest BCUT2D eigenvalue weighted by Gasteiger charge is -2.36. The Bertz CT molecular complexity index is 637. The quantitative estimate of drug-likeness (QED) is 0.227. The maximum absolute atomic E-state index is 5.48. The van der Waals surface area contributed by atoms with Crippen LogP contribution in [0.15, 0.2) is 17.1 Å². The molecule has 7 nitrogen and oxygen atoms in total. The van der Waals surface area contributed by atoms with Crippen molar-refractivity contribution < 1.29 is 14.2 Å². The van der Waals surface area contributed by atoms with Crippen molar-refractivity contribution in [1.29, 1.82) is 0 Å². The van der Waals surface area contributed by atoms with Crippen molar-refractivity contribution in [1.82, 2.24) is 15.1 Å². The van der Waals surface area contributed by atoms with Crippen molar-refractivity contribution in [2.24, 2.45) is 10.9 Å². The summed E-state index contributed by atoms with van der Waals surface area (Å²) >= 11 is 0. The zero-order valence-corrected chi connectivity index (χ0v) is 21.7. The molecule has 0 saturated carbocycles. The molecule has 0 aromatic heterocycles. The highest BCUT2D eigenvalue weighted by molar-refractivity contribution is 14.0. The van der Waals surface area contributed by atoms with Gasteiger partial charge in [0.05, 0.1) is 21.3 Å². The normalized spacial score (nSPS) is 15.0. The summed E-state index contributed by atoms with van der Waals surface area (Å²) in [5, 5.41) is 3.51. The Labute approximate surface area is 199 Å². The molecule has 1 aromatic carbocycles. The number of nitrogens with zero attached hydrogens (tertiary/aromatic N) is 3. The van der Waals surface area contributed by atoms with Gasteiger partial charge in [-0.15, -0.1) is 24.0 Å². The molecule has 1 aliphatic heterocycles. The van der Waals surface area contributed by atoms with Crippen molar-refractivity contribution in [2.75, 3.05) is 61.1 Å². The lowest BCUT2D eigenvalue weighted by atomic mass is 10.1. The smallest absolute Gasteiger partial charge is 0.203 e. The van der Waals surface area contributed by atoms with Gasteiger partial charge in [0, 0.05) is 46.3 Å². The fourth-order valence-electron chi connectivity index (χ4n) is 3.65. The summed E-state index contributed by atoms with van der Waals surface area (Å²) in [6.07, 6.45) is 2.42. The van der Waals surface area contributed by atoms with E-state index in [9.17, 15) is 0 Å². The fourth-order valence-corrected chi connectivity index (χ4v) is 3.65. The zero-order valence-electron chi connectivity index (χ0n) is 19.4. The van der Waals surface area contributed by atoms with Crippen LogP contribution in [-0.4, -0.2) is 76.9 Å². The Morgan fingerprint density at radius 2 is 1.63 bits per heavy atom. The molecule has 172 valence electrons. The molecule has 0 amide bonds. The van der Waals surface area contributed by atoms with Crippen LogP contribution < -0.4 is 19.5 Å². The van der Waals surface area contributed by atoms with Gasteiger partial charge in [-0.1, -0.05) is 13.8 Å². The summed E-state index contributed by atoms with van der Waals surface area (Å²) < 4.78 is 16.4. The molecule has 0 atom stereocenters. The number of rotatable bonds is 9. The number of halogens is 1. The number of guanidine groups is 1. The van der Waals surface area contributed by atoms with E-state index in [1.54, 1.807) is 21.3 Å². The summed E-state index contributed by atoms with van der Waals surface area (Å²) in [6.45, 7) is 10.3. The molecule has 1 aromatic rings. The molecule has 1 fully saturated rings. The first-order valence-corrected chi connectivity index (χ1v) is 10.5. The first-order chi connectivity index (χ1) is 14.0. The molecule has 1 saturated heterocycles. The molecule has 8 heteroatoms. The summed E-state index contributed by atoms with van der Waals surface area (Å²) in [4.78, 5) is 9.26. The van der Waals surface area contributed by atoms with Crippen LogP contribution in [0, 0.1) is 5.92 Å². The lowest BCUT2D eigenvalue weighted by molar-refractivity contribution is 0.172. The third kappa shape index (κ3) is 7.68. The van der Waals surface area contributed by atoms with Crippen molar-refractivity contribution in [3.63, 3.8) is 0 Å². The Kier molecular flexibility index (Phi) is 12.2. The van der Waals surface area contributed by atoms with E-state index in [1.165, 1.54) is 12.8 Å². The van der Waals surface area contributed by atoms with Crippen LogP contribution >= 0.6 is 24.0 Å². The predicted molar refractivity (Wildman–Crippen MR) is 134 cm³/mol. The summed E-state index contributed by atoms with van der Waals surface area (Å²) in [5.74, 6) is 3.80. The van der Waals surface area contributed by atoms with Crippen molar-refractivity contribution in [3.05, 3.63) is 17.7 Å². The van der Waals surface area contributed by atoms with Gasteiger partial charge in [-0.2, -0.15) is 0 Å². The Morgan fingerprint density at radius 1 is 1.03 bits per heavy atom. The molecule has 1 aliphatic rings. The highest BCUT2D eigenvalue weighted by Gasteiger charge is 2.21. The first-order valence-electron chi connectivity index (χ1n) is 10.5. The van der Waals surface area contributed by atoms with E-state index in [1.807, 2.05) is 19.2 Å². The van der Waals surface area contributed by atoms with Gasteiger partial charge in [-0.3, -0.25) is 9.89 Å². The van der Waals surface area contributed by atoms with Crippen LogP contribution in [0.3, 0.4) is 0 Å². The van der Waals surface area contributed by atoms with Gasteiger partial charge in [0.2, 0.25) is 5.75 Å². The molecule has 30 heavy (non-hydrogen) atoms. The van der Waals surface area contributed by atoms with E-state index in [4.69, 9.17) is 14.2 Å². The first kappa shape index (κ1) is 26.6. The Hall–Kier alpha value is -1.42. The topological polar surface area (TPSA) is 58.6 Å². The average Bonchev–Trinajstić information content (AvgIpc) is 2.73. The minimum atomic E-state index is 0. The van der Waals surface area contributed by atoms with Crippen LogP contribution in [-0.2, 0) is 6.54 Å². The SMILES string of the molecule is CN=C(NCCCC(C)C)N1CCN(Cc2cc(OC)c(OC)c(OC)c2)CC1.I. The number of hydrogen-bond donors (Lipinski definition) is 1. The predicted octanol–water partition coefficient (Wildman–Crippen LogP) is 3.46. The lowest BCUT2D eigenvalue weighted by Crippen LogP contribution is -2.52. The van der Waals surface area contributed by atoms with Crippen molar-refractivity contribution >= 4 is 29.9 Å². The highest BCUT2D eigenvalue weighted by Crippen LogP contribution is 2.38. The number of ether oxygens (including phenoxy) is 3. The van der Waals surface area contributed by atoms with E-state index in [2.05, 4.69) is 34.0 Å². The van der Waals surface area contributed by atoms with Gasteiger partial charge in [0.1, 0.15) is 0 Å². The molecule has 0 spiro atoms. The zero-order chi connectivity index (χ0) is 21.2. The molecule has 0 aliphatic carbocycles. The summed E-state index contributed by atoms with van der Waals surface area (Å²) in [6, 6.07) is 4.06. The van der Waals surface area contributed by atoms with Crippen LogP contribution in [0.1, 0.15) is 32.3 Å². The van der Waals surface area contributed by atoms with Crippen LogP contribution in [0.25, 0.3) is 0 Å². The summed E-state index contributed by atoms with van der Waals surface area (Å²) in [5.41, 5.74) is 1.16. The Balaban J connectivity index is 0.00000450. The third-order valence-electron chi connectivity index (χ3n) is 5.26. The number of benzene rings is 1. The molecule has 2 rings (SSSR count). The van der Waals surface area contributed by atoms with Crippen LogP contribution in [0.2, 0.25) is 0 Å². The molecule has 0 radical (unpaired) electrons. The second-order valence-corrected chi connectivity index (χ2v) is 7.81. The van der Waals surface area contributed by atoms with Gasteiger partial charge in [-0.05, 0) is 36.5 Å². The number of piperazine rings is 1. The minimum Gasteiger partial charge on any atom is -0.493 e. The van der Waals surface area contributed by atoms with Crippen LogP contribution in [0.5, 0.6) is 17.2 Å². The van der Waals surface area contributed by atoms with E-state index in [-0.39, 0.29) is 24.0 Å². The van der Waals surface area contributed by atoms with Crippen molar-refractivity contribution in [2.45, 2.75) is 33.2 Å². The Morgan fingerprint density at radius 3 is 2.10 bits per heavy atom. The van der Waals surface area contributed by atoms with E-state index in [0.717, 1.165) is 56.7 Å². The third-order valence-corrected chi connectivity index (χ3v) is 5.26. The molecular weight excluding hydrogens is 495 g/mol. The van der Waals surface area contributed by atoms with Gasteiger partial charge >= 0.3 is 0 Å². The minimum absolute atomic E-state index is 0. The molecule has 1 N–H and O–H groups in total. The molecular formula is C22H39IN4O3. The monoisotopic (exact) mass is 534 g/mol. The van der Waals surface area contributed by atoms with Gasteiger partial charge < -0.3 is 24.4 Å². The van der Waals surface area contributed by atoms with Gasteiger partial charge in [0.25, 0.3) is 0 Å². The maximum atomic E-state index is 5.48. The van der Waals surface area contributed by atoms with E-state index < -0.39 is 0 Å². The standard InChI is InChI=1S/C22H38N4O3.HI/c1-17(2)8-7-9-24-22(23-3)26-12-10-25(11-13-26)16-18-14-19(27-4)21(29-6)20(15-18)28-5;/h14-15,17H,7-13,16H2,1-6H3,(H,23,24);1H. The van der Waals surface area contributed by atoms with E-state index in [0.29, 0.717) is 17.2 Å². The molecule has 1 heterocycles. The average molecular weight is 534 g/mol. The fraction of sp³-hybridized carbons (Fsp3) is 0.682. The van der Waals surface area contributed by atoms with Gasteiger partial charge in [0.15, 0.2) is 17.5 Å². The highest BCUT2D eigenvalue weighted by atomic mass is 127. The largest absolute Gasteiger partial charge is 0.493 e. The number of nitrogens with one attached hydrogen (secondary N) is 1. The number of aliphatic imine (C=N–C) groups is 1. The van der Waals surface area contributed by atoms with E-state index >= 15 is 0 Å². The van der Waals surface area contributed by atoms with Gasteiger partial charge in [-0.25, -0.2) is 0 Å². The maximum Gasteiger partial charge on any atom is 0.203 e. The second kappa shape index (κ2) is 13.8. The van der Waals surface area contributed by atoms with Crippen LogP contribution in [0.4, 0.5) is 0 Å². The number of hydrogen-bond acceptors (Lipinski definition) is 5. The molecule has 0 unspecified atom stereocenters. The summed E-state index contributed by atoms with van der Waals surface area (Å²) in [7, 11) is 6.80. The molecule has 0 bridgehead atoms.